The predicted molar refractivity (Wildman–Crippen MR) is 107 cm³/mol. The van der Waals surface area contributed by atoms with Crippen LogP contribution in [0.4, 0.5) is 0 Å². The molecule has 2 amide bonds. The van der Waals surface area contributed by atoms with E-state index < -0.39 is 0 Å². The van der Waals surface area contributed by atoms with Crippen LogP contribution in [0.3, 0.4) is 0 Å². The van der Waals surface area contributed by atoms with Crippen LogP contribution in [0, 0.1) is 5.41 Å². The first-order valence-electron chi connectivity index (χ1n) is 10.6. The highest BCUT2D eigenvalue weighted by Crippen LogP contribution is 2.41. The Morgan fingerprint density at radius 3 is 2.79 bits per heavy atom. The lowest BCUT2D eigenvalue weighted by atomic mass is 9.72. The fourth-order valence-corrected chi connectivity index (χ4v) is 4.93. The topological polar surface area (TPSA) is 79.3 Å². The van der Waals surface area contributed by atoms with Crippen molar-refractivity contribution in [3.05, 3.63) is 23.8 Å². The largest absolute Gasteiger partial charge is 0.504 e. The molecule has 0 aliphatic carbocycles. The number of methoxy groups -OCH3 is 1. The lowest BCUT2D eigenvalue weighted by Crippen LogP contribution is -2.53. The molecular weight excluding hydrogens is 372 g/mol. The minimum Gasteiger partial charge on any atom is -0.504 e. The number of carbonyl (C=O) groups excluding carboxylic acids is 2. The number of nitrogens with zero attached hydrogens (tertiary/aromatic N) is 2. The number of phenols is 1. The number of benzene rings is 1. The second-order valence-corrected chi connectivity index (χ2v) is 8.56. The summed E-state index contributed by atoms with van der Waals surface area (Å²) in [6.07, 6.45) is 5.50. The Morgan fingerprint density at radius 2 is 2.10 bits per heavy atom. The van der Waals surface area contributed by atoms with E-state index in [9.17, 15) is 14.7 Å². The van der Waals surface area contributed by atoms with Crippen LogP contribution in [0.25, 0.3) is 0 Å². The molecule has 1 spiro atoms. The molecule has 1 N–H and O–H groups in total. The molecule has 0 radical (unpaired) electrons. The highest BCUT2D eigenvalue weighted by atomic mass is 16.5. The van der Waals surface area contributed by atoms with Crippen molar-refractivity contribution in [1.29, 1.82) is 0 Å². The van der Waals surface area contributed by atoms with Gasteiger partial charge in [-0.25, -0.2) is 0 Å². The van der Waals surface area contributed by atoms with Gasteiger partial charge in [0, 0.05) is 39.2 Å². The quantitative estimate of drug-likeness (QED) is 0.837. The summed E-state index contributed by atoms with van der Waals surface area (Å²) < 4.78 is 10.8. The van der Waals surface area contributed by atoms with Gasteiger partial charge in [-0.1, -0.05) is 6.07 Å². The summed E-state index contributed by atoms with van der Waals surface area (Å²) in [5, 5.41) is 10.3. The second kappa shape index (κ2) is 8.22. The van der Waals surface area contributed by atoms with E-state index in [4.69, 9.17) is 9.47 Å². The smallest absolute Gasteiger partial charge is 0.257 e. The molecule has 0 saturated carbocycles. The lowest BCUT2D eigenvalue weighted by molar-refractivity contribution is -0.141. The Kier molecular flexibility index (Phi) is 5.67. The number of hydrogen-bond acceptors (Lipinski definition) is 5. The Hall–Kier alpha value is -2.28. The van der Waals surface area contributed by atoms with Crippen LogP contribution in [0.15, 0.2) is 18.2 Å². The molecule has 29 heavy (non-hydrogen) atoms. The molecule has 0 aromatic heterocycles. The maximum Gasteiger partial charge on any atom is 0.257 e. The Bertz CT molecular complexity index is 766. The van der Waals surface area contributed by atoms with E-state index in [1.54, 1.807) is 23.1 Å². The van der Waals surface area contributed by atoms with Gasteiger partial charge in [0.25, 0.3) is 5.91 Å². The maximum absolute atomic E-state index is 12.9. The second-order valence-electron chi connectivity index (χ2n) is 8.56. The zero-order valence-corrected chi connectivity index (χ0v) is 17.1. The van der Waals surface area contributed by atoms with Crippen LogP contribution in [-0.4, -0.2) is 72.7 Å². The number of para-hydroxylation sites is 1. The molecule has 1 aromatic carbocycles. The average Bonchev–Trinajstić information content (AvgIpc) is 3.24. The molecule has 158 valence electrons. The number of likely N-dealkylation sites (tertiary alicyclic amines) is 2. The van der Waals surface area contributed by atoms with E-state index in [0.717, 1.165) is 45.3 Å². The third kappa shape index (κ3) is 4.06. The predicted octanol–water partition coefficient (Wildman–Crippen LogP) is 2.42. The SMILES string of the molecule is COc1cccc(C(=O)N2CCC3(CCC(=O)N(C[C@H]4CCCO4)C3)CC2)c1O. The van der Waals surface area contributed by atoms with Crippen LogP contribution in [-0.2, 0) is 9.53 Å². The van der Waals surface area contributed by atoms with Gasteiger partial charge >= 0.3 is 0 Å². The van der Waals surface area contributed by atoms with Gasteiger partial charge in [-0.15, -0.1) is 0 Å². The highest BCUT2D eigenvalue weighted by molar-refractivity contribution is 5.97. The van der Waals surface area contributed by atoms with E-state index in [1.165, 1.54) is 7.11 Å². The number of amides is 2. The molecule has 1 aromatic rings. The first-order valence-corrected chi connectivity index (χ1v) is 10.6. The Balaban J connectivity index is 1.39. The number of phenolic OH excluding ortho intramolecular Hbond substituents is 1. The Morgan fingerprint density at radius 1 is 1.31 bits per heavy atom. The molecule has 0 bridgehead atoms. The van der Waals surface area contributed by atoms with E-state index in [1.807, 2.05) is 4.90 Å². The van der Waals surface area contributed by atoms with Gasteiger partial charge in [0.2, 0.25) is 5.91 Å². The summed E-state index contributed by atoms with van der Waals surface area (Å²) in [4.78, 5) is 29.2. The number of hydrogen-bond donors (Lipinski definition) is 1. The van der Waals surface area contributed by atoms with Crippen molar-refractivity contribution in [3.8, 4) is 11.5 Å². The first kappa shape index (κ1) is 20.0. The van der Waals surface area contributed by atoms with Crippen molar-refractivity contribution in [2.24, 2.45) is 5.41 Å². The number of carbonyl (C=O) groups is 2. The summed E-state index contributed by atoms with van der Waals surface area (Å²) in [5.41, 5.74) is 0.360. The molecule has 3 saturated heterocycles. The fourth-order valence-electron chi connectivity index (χ4n) is 4.93. The third-order valence-electron chi connectivity index (χ3n) is 6.76. The minimum atomic E-state index is -0.167. The summed E-state index contributed by atoms with van der Waals surface area (Å²) >= 11 is 0. The number of ether oxygens (including phenoxy) is 2. The van der Waals surface area contributed by atoms with Crippen LogP contribution in [0.2, 0.25) is 0 Å². The molecule has 4 rings (SSSR count). The third-order valence-corrected chi connectivity index (χ3v) is 6.76. The molecule has 3 aliphatic rings. The van der Waals surface area contributed by atoms with Crippen molar-refractivity contribution in [1.82, 2.24) is 9.80 Å². The lowest BCUT2D eigenvalue weighted by Gasteiger charge is -2.47. The van der Waals surface area contributed by atoms with Crippen molar-refractivity contribution in [3.63, 3.8) is 0 Å². The first-order chi connectivity index (χ1) is 14.0. The van der Waals surface area contributed by atoms with E-state index in [-0.39, 0.29) is 34.6 Å². The maximum atomic E-state index is 12.9. The Labute approximate surface area is 171 Å². The molecule has 3 aliphatic heterocycles. The summed E-state index contributed by atoms with van der Waals surface area (Å²) in [7, 11) is 1.47. The van der Waals surface area contributed by atoms with Gasteiger partial charge < -0.3 is 24.4 Å². The van der Waals surface area contributed by atoms with E-state index >= 15 is 0 Å². The molecular formula is C22H30N2O5. The van der Waals surface area contributed by atoms with Crippen LogP contribution in [0.5, 0.6) is 11.5 Å². The number of aromatic hydroxyl groups is 1. The molecule has 1 atom stereocenters. The number of piperidine rings is 2. The van der Waals surface area contributed by atoms with Gasteiger partial charge in [0.1, 0.15) is 0 Å². The minimum absolute atomic E-state index is 0.0831. The van der Waals surface area contributed by atoms with Gasteiger partial charge in [-0.2, -0.15) is 0 Å². The summed E-state index contributed by atoms with van der Waals surface area (Å²) in [5.74, 6) is 0.261. The summed E-state index contributed by atoms with van der Waals surface area (Å²) in [6.45, 7) is 3.53. The fraction of sp³-hybridized carbons (Fsp3) is 0.636. The van der Waals surface area contributed by atoms with E-state index in [0.29, 0.717) is 31.8 Å². The van der Waals surface area contributed by atoms with Gasteiger partial charge in [0.05, 0.1) is 18.8 Å². The van der Waals surface area contributed by atoms with Crippen molar-refractivity contribution < 1.29 is 24.2 Å². The van der Waals surface area contributed by atoms with E-state index in [2.05, 4.69) is 0 Å². The van der Waals surface area contributed by atoms with Crippen molar-refractivity contribution in [2.45, 2.75) is 44.6 Å². The normalized spacial score (nSPS) is 24.2. The van der Waals surface area contributed by atoms with Crippen molar-refractivity contribution in [2.75, 3.05) is 39.9 Å². The molecule has 0 unspecified atom stereocenters. The molecule has 3 fully saturated rings. The van der Waals surface area contributed by atoms with Gasteiger partial charge in [0.15, 0.2) is 11.5 Å². The zero-order valence-electron chi connectivity index (χ0n) is 17.1. The standard InChI is InChI=1S/C22H30N2O5/c1-28-18-6-2-5-17(20(18)26)21(27)23-11-9-22(10-12-23)8-7-19(25)24(15-22)14-16-4-3-13-29-16/h2,5-6,16,26H,3-4,7-15H2,1H3/t16-/m1/s1. The monoisotopic (exact) mass is 402 g/mol. The highest BCUT2D eigenvalue weighted by Gasteiger charge is 2.42. The van der Waals surface area contributed by atoms with Crippen LogP contribution >= 0.6 is 0 Å². The molecule has 7 nitrogen and oxygen atoms in total. The number of rotatable bonds is 4. The zero-order chi connectivity index (χ0) is 20.4. The molecule has 7 heteroatoms. The van der Waals surface area contributed by atoms with Crippen LogP contribution < -0.4 is 4.74 Å². The average molecular weight is 402 g/mol. The van der Waals surface area contributed by atoms with Gasteiger partial charge in [-0.05, 0) is 49.7 Å². The molecule has 3 heterocycles. The van der Waals surface area contributed by atoms with Crippen molar-refractivity contribution >= 4 is 11.8 Å². The summed E-state index contributed by atoms with van der Waals surface area (Å²) in [6, 6.07) is 4.99. The van der Waals surface area contributed by atoms with Gasteiger partial charge in [-0.3, -0.25) is 9.59 Å². The van der Waals surface area contributed by atoms with Crippen LogP contribution in [0.1, 0.15) is 48.9 Å².